The normalized spacial score (nSPS) is 11.7. The number of sulfonamides is 1. The third-order valence-electron chi connectivity index (χ3n) is 2.71. The average Bonchev–Trinajstić information content (AvgIpc) is 2.37. The minimum atomic E-state index is -3.47. The smallest absolute Gasteiger partial charge is 0.240 e. The molecule has 0 aromatic heterocycles. The van der Waals surface area contributed by atoms with E-state index in [0.717, 1.165) is 18.4 Å². The highest BCUT2D eigenvalue weighted by molar-refractivity contribution is 7.89. The summed E-state index contributed by atoms with van der Waals surface area (Å²) in [6, 6.07) is 6.92. The minimum Gasteiger partial charge on any atom is -0.395 e. The third kappa shape index (κ3) is 4.76. The van der Waals surface area contributed by atoms with E-state index in [-0.39, 0.29) is 18.0 Å². The second kappa shape index (κ2) is 7.51. The second-order valence-corrected chi connectivity index (χ2v) is 5.99. The van der Waals surface area contributed by atoms with Gasteiger partial charge in [0.2, 0.25) is 10.0 Å². The van der Waals surface area contributed by atoms with Gasteiger partial charge in [-0.15, -0.1) is 0 Å². The average molecular weight is 271 g/mol. The Morgan fingerprint density at radius 3 is 2.39 bits per heavy atom. The number of hydrogen-bond acceptors (Lipinski definition) is 3. The zero-order valence-electron chi connectivity index (χ0n) is 10.7. The number of hydrogen-bond donors (Lipinski definition) is 2. The summed E-state index contributed by atoms with van der Waals surface area (Å²) in [6.45, 7) is 2.00. The Morgan fingerprint density at radius 1 is 1.17 bits per heavy atom. The molecule has 1 rings (SSSR count). The van der Waals surface area contributed by atoms with E-state index in [1.54, 1.807) is 12.1 Å². The molecule has 0 radical (unpaired) electrons. The standard InChI is InChI=1S/C13H21NO3S/c1-2-3-4-5-12-6-8-13(9-7-12)18(16,17)14-10-11-15/h6-9,14-15H,2-5,10-11H2,1H3. The number of aliphatic hydroxyl groups is 1. The molecule has 0 aliphatic carbocycles. The predicted molar refractivity (Wildman–Crippen MR) is 71.9 cm³/mol. The van der Waals surface area contributed by atoms with Gasteiger partial charge in [0.1, 0.15) is 0 Å². The molecule has 18 heavy (non-hydrogen) atoms. The van der Waals surface area contributed by atoms with Gasteiger partial charge in [0, 0.05) is 6.54 Å². The van der Waals surface area contributed by atoms with Crippen LogP contribution in [0, 0.1) is 0 Å². The summed E-state index contributed by atoms with van der Waals surface area (Å²) >= 11 is 0. The molecule has 0 amide bonds. The van der Waals surface area contributed by atoms with Crippen molar-refractivity contribution in [3.63, 3.8) is 0 Å². The highest BCUT2D eigenvalue weighted by atomic mass is 32.2. The zero-order valence-corrected chi connectivity index (χ0v) is 11.5. The van der Waals surface area contributed by atoms with Crippen molar-refractivity contribution in [2.75, 3.05) is 13.2 Å². The fourth-order valence-corrected chi connectivity index (χ4v) is 2.70. The number of unbranched alkanes of at least 4 members (excludes halogenated alkanes) is 2. The van der Waals surface area contributed by atoms with Crippen molar-refractivity contribution in [1.82, 2.24) is 4.72 Å². The van der Waals surface area contributed by atoms with Crippen LogP contribution in [0.1, 0.15) is 31.7 Å². The fourth-order valence-electron chi connectivity index (χ4n) is 1.68. The molecule has 1 aromatic carbocycles. The van der Waals surface area contributed by atoms with Crippen molar-refractivity contribution in [2.24, 2.45) is 0 Å². The molecule has 0 bridgehead atoms. The first-order valence-electron chi connectivity index (χ1n) is 6.29. The molecule has 4 nitrogen and oxygen atoms in total. The van der Waals surface area contributed by atoms with E-state index in [1.807, 2.05) is 12.1 Å². The van der Waals surface area contributed by atoms with E-state index in [4.69, 9.17) is 5.11 Å². The van der Waals surface area contributed by atoms with Gasteiger partial charge in [0.05, 0.1) is 11.5 Å². The van der Waals surface area contributed by atoms with Crippen LogP contribution >= 0.6 is 0 Å². The number of aliphatic hydroxyl groups excluding tert-OH is 1. The molecular formula is C13H21NO3S. The molecule has 0 fully saturated rings. The molecule has 102 valence electrons. The molecule has 1 aromatic rings. The van der Waals surface area contributed by atoms with Gasteiger partial charge >= 0.3 is 0 Å². The summed E-state index contributed by atoms with van der Waals surface area (Å²) in [7, 11) is -3.47. The second-order valence-electron chi connectivity index (χ2n) is 4.22. The highest BCUT2D eigenvalue weighted by Gasteiger charge is 2.12. The van der Waals surface area contributed by atoms with Crippen LogP contribution in [-0.4, -0.2) is 26.7 Å². The van der Waals surface area contributed by atoms with Crippen molar-refractivity contribution in [2.45, 2.75) is 37.5 Å². The molecule has 0 aliphatic heterocycles. The molecule has 2 N–H and O–H groups in total. The number of rotatable bonds is 8. The van der Waals surface area contributed by atoms with Gasteiger partial charge in [-0.3, -0.25) is 0 Å². The monoisotopic (exact) mass is 271 g/mol. The van der Waals surface area contributed by atoms with Crippen molar-refractivity contribution in [1.29, 1.82) is 0 Å². The van der Waals surface area contributed by atoms with E-state index in [0.29, 0.717) is 0 Å². The van der Waals surface area contributed by atoms with Gasteiger partial charge in [0.25, 0.3) is 0 Å². The summed E-state index contributed by atoms with van der Waals surface area (Å²) in [5.74, 6) is 0. The molecule has 0 heterocycles. The maximum atomic E-state index is 11.7. The molecule has 0 spiro atoms. The first-order valence-corrected chi connectivity index (χ1v) is 7.78. The Hall–Kier alpha value is -0.910. The number of benzene rings is 1. The van der Waals surface area contributed by atoms with Gasteiger partial charge in [0.15, 0.2) is 0 Å². The van der Waals surface area contributed by atoms with Crippen LogP contribution in [-0.2, 0) is 16.4 Å². The summed E-state index contributed by atoms with van der Waals surface area (Å²) in [5.41, 5.74) is 1.16. The molecule has 5 heteroatoms. The Bertz CT molecular complexity index is 440. The van der Waals surface area contributed by atoms with Crippen LogP contribution in [0.15, 0.2) is 29.2 Å². The predicted octanol–water partition coefficient (Wildman–Crippen LogP) is 1.69. The summed E-state index contributed by atoms with van der Waals surface area (Å²) in [5, 5.41) is 8.61. The highest BCUT2D eigenvalue weighted by Crippen LogP contribution is 2.12. The van der Waals surface area contributed by atoms with E-state index >= 15 is 0 Å². The SMILES string of the molecule is CCCCCc1ccc(S(=O)(=O)NCCO)cc1. The van der Waals surface area contributed by atoms with Crippen LogP contribution < -0.4 is 4.72 Å². The Kier molecular flexibility index (Phi) is 6.32. The van der Waals surface area contributed by atoms with E-state index in [9.17, 15) is 8.42 Å². The summed E-state index contributed by atoms with van der Waals surface area (Å²) in [4.78, 5) is 0.246. The van der Waals surface area contributed by atoms with E-state index in [1.165, 1.54) is 12.8 Å². The largest absolute Gasteiger partial charge is 0.395 e. The first-order chi connectivity index (χ1) is 8.60. The molecule has 0 saturated carbocycles. The van der Waals surface area contributed by atoms with Crippen molar-refractivity contribution >= 4 is 10.0 Å². The molecular weight excluding hydrogens is 250 g/mol. The fraction of sp³-hybridized carbons (Fsp3) is 0.538. The van der Waals surface area contributed by atoms with Crippen molar-refractivity contribution in [3.8, 4) is 0 Å². The van der Waals surface area contributed by atoms with Gasteiger partial charge < -0.3 is 5.11 Å². The van der Waals surface area contributed by atoms with Gasteiger partial charge in [-0.1, -0.05) is 31.9 Å². The maximum Gasteiger partial charge on any atom is 0.240 e. The zero-order chi connectivity index (χ0) is 13.4. The van der Waals surface area contributed by atoms with Gasteiger partial charge in [-0.2, -0.15) is 0 Å². The van der Waals surface area contributed by atoms with Crippen LogP contribution in [0.2, 0.25) is 0 Å². The Morgan fingerprint density at radius 2 is 1.83 bits per heavy atom. The molecule has 0 aliphatic rings. The molecule has 0 unspecified atom stereocenters. The quantitative estimate of drug-likeness (QED) is 0.707. The summed E-state index contributed by atoms with van der Waals surface area (Å²) < 4.78 is 25.8. The Labute approximate surface area is 109 Å². The minimum absolute atomic E-state index is 0.0422. The van der Waals surface area contributed by atoms with Crippen LogP contribution in [0.4, 0.5) is 0 Å². The number of aryl methyl sites for hydroxylation is 1. The first kappa shape index (κ1) is 15.1. The Balaban J connectivity index is 2.64. The topological polar surface area (TPSA) is 66.4 Å². The lowest BCUT2D eigenvalue weighted by atomic mass is 10.1. The molecule has 0 atom stereocenters. The lowest BCUT2D eigenvalue weighted by Gasteiger charge is -2.06. The van der Waals surface area contributed by atoms with E-state index in [2.05, 4.69) is 11.6 Å². The lowest BCUT2D eigenvalue weighted by molar-refractivity contribution is 0.301. The van der Waals surface area contributed by atoms with Crippen LogP contribution in [0.5, 0.6) is 0 Å². The van der Waals surface area contributed by atoms with Crippen LogP contribution in [0.3, 0.4) is 0 Å². The third-order valence-corrected chi connectivity index (χ3v) is 4.18. The molecule has 0 saturated heterocycles. The van der Waals surface area contributed by atoms with Crippen LogP contribution in [0.25, 0.3) is 0 Å². The maximum absolute atomic E-state index is 11.7. The van der Waals surface area contributed by atoms with E-state index < -0.39 is 10.0 Å². The van der Waals surface area contributed by atoms with Crippen molar-refractivity contribution in [3.05, 3.63) is 29.8 Å². The van der Waals surface area contributed by atoms with Gasteiger partial charge in [-0.25, -0.2) is 13.1 Å². The summed E-state index contributed by atoms with van der Waals surface area (Å²) in [6.07, 6.45) is 4.49. The number of nitrogens with one attached hydrogen (secondary N) is 1. The van der Waals surface area contributed by atoms with Crippen molar-refractivity contribution < 1.29 is 13.5 Å². The lowest BCUT2D eigenvalue weighted by Crippen LogP contribution is -2.26. The van der Waals surface area contributed by atoms with Gasteiger partial charge in [-0.05, 0) is 30.5 Å².